The lowest BCUT2D eigenvalue weighted by atomic mass is 10.0. The Hall–Kier alpha value is -2.68. The van der Waals surface area contributed by atoms with Crippen LogP contribution in [-0.2, 0) is 13.0 Å². The number of rotatable bonds is 2. The van der Waals surface area contributed by atoms with Gasteiger partial charge in [-0.15, -0.1) is 0 Å². The fourth-order valence-electron chi connectivity index (χ4n) is 3.64. The number of hydrogen-bond donors (Lipinski definition) is 0. The Morgan fingerprint density at radius 2 is 1.71 bits per heavy atom. The third kappa shape index (κ3) is 1.97. The van der Waals surface area contributed by atoms with E-state index in [1.54, 1.807) is 0 Å². The molecule has 0 spiro atoms. The summed E-state index contributed by atoms with van der Waals surface area (Å²) in [5.74, 6) is 0.998. The van der Waals surface area contributed by atoms with Crippen molar-refractivity contribution in [3.8, 4) is 0 Å². The molecule has 0 saturated heterocycles. The van der Waals surface area contributed by atoms with E-state index in [4.69, 9.17) is 0 Å². The lowest BCUT2D eigenvalue weighted by Crippen LogP contribution is -2.20. The first-order valence-corrected chi connectivity index (χ1v) is 8.40. The van der Waals surface area contributed by atoms with Gasteiger partial charge in [0.2, 0.25) is 0 Å². The Balaban J connectivity index is 1.72. The highest BCUT2D eigenvalue weighted by Crippen LogP contribution is 2.44. The average Bonchev–Trinajstić information content (AvgIpc) is 3.05. The summed E-state index contributed by atoms with van der Waals surface area (Å²) in [5, 5.41) is 0. The van der Waals surface area contributed by atoms with Gasteiger partial charge in [-0.3, -0.25) is 0 Å². The van der Waals surface area contributed by atoms with Crippen LogP contribution in [0.1, 0.15) is 23.6 Å². The van der Waals surface area contributed by atoms with Gasteiger partial charge in [-0.05, 0) is 41.8 Å². The molecular weight excluding hydrogens is 294 g/mol. The van der Waals surface area contributed by atoms with E-state index in [1.807, 2.05) is 0 Å². The zero-order valence-corrected chi connectivity index (χ0v) is 14.6. The molecule has 0 unspecified atom stereocenters. The predicted molar refractivity (Wildman–Crippen MR) is 103 cm³/mol. The van der Waals surface area contributed by atoms with Gasteiger partial charge in [-0.2, -0.15) is 0 Å². The van der Waals surface area contributed by atoms with Crippen LogP contribution in [0.25, 0.3) is 5.70 Å². The van der Waals surface area contributed by atoms with E-state index in [0.29, 0.717) is 0 Å². The molecule has 24 heavy (non-hydrogen) atoms. The molecule has 4 rings (SSSR count). The second-order valence-electron chi connectivity index (χ2n) is 6.59. The van der Waals surface area contributed by atoms with Crippen LogP contribution in [0.4, 0.5) is 17.1 Å². The van der Waals surface area contributed by atoms with Gasteiger partial charge >= 0.3 is 0 Å². The minimum atomic E-state index is 0.886. The van der Waals surface area contributed by atoms with E-state index < -0.39 is 0 Å². The molecule has 0 saturated carbocycles. The minimum absolute atomic E-state index is 0.886. The summed E-state index contributed by atoms with van der Waals surface area (Å²) in [7, 11) is 4.12. The highest BCUT2D eigenvalue weighted by Gasteiger charge is 2.28. The van der Waals surface area contributed by atoms with Crippen LogP contribution in [0.5, 0.6) is 0 Å². The van der Waals surface area contributed by atoms with E-state index in [1.165, 1.54) is 33.8 Å². The van der Waals surface area contributed by atoms with E-state index in [0.717, 1.165) is 24.5 Å². The molecule has 0 fully saturated rings. The third-order valence-corrected chi connectivity index (χ3v) is 5.32. The zero-order valence-electron chi connectivity index (χ0n) is 14.6. The van der Waals surface area contributed by atoms with Crippen molar-refractivity contribution in [1.82, 2.24) is 0 Å². The minimum Gasteiger partial charge on any atom is -0.337 e. The van der Waals surface area contributed by atoms with Crippen molar-refractivity contribution < 1.29 is 0 Å². The highest BCUT2D eigenvalue weighted by molar-refractivity contribution is 5.89. The number of hydrogen-bond acceptors (Lipinski definition) is 3. The fraction of sp³-hybridized carbons (Fsp3) is 0.238. The van der Waals surface area contributed by atoms with Crippen molar-refractivity contribution >= 4 is 22.8 Å². The molecule has 122 valence electrons. The SMILES string of the molecule is C=C1N(C)c2ccc(N3Cc4ccc(CC)cc4C3=C)cc2N1C. The molecule has 2 heterocycles. The van der Waals surface area contributed by atoms with Crippen LogP contribution >= 0.6 is 0 Å². The predicted octanol–water partition coefficient (Wildman–Crippen LogP) is 4.60. The Labute approximate surface area is 144 Å². The van der Waals surface area contributed by atoms with Gasteiger partial charge < -0.3 is 14.7 Å². The summed E-state index contributed by atoms with van der Waals surface area (Å²) in [6, 6.07) is 13.3. The van der Waals surface area contributed by atoms with E-state index in [2.05, 4.69) is 85.3 Å². The van der Waals surface area contributed by atoms with Gasteiger partial charge in [0.25, 0.3) is 0 Å². The van der Waals surface area contributed by atoms with E-state index in [9.17, 15) is 0 Å². The highest BCUT2D eigenvalue weighted by atomic mass is 15.4. The molecule has 3 nitrogen and oxygen atoms in total. The topological polar surface area (TPSA) is 9.72 Å². The molecule has 0 aromatic heterocycles. The summed E-state index contributed by atoms with van der Waals surface area (Å²) >= 11 is 0. The molecule has 0 N–H and O–H groups in total. The van der Waals surface area contributed by atoms with Gasteiger partial charge in [0.05, 0.1) is 11.4 Å². The molecule has 2 aliphatic rings. The van der Waals surface area contributed by atoms with Crippen molar-refractivity contribution in [3.05, 3.63) is 72.1 Å². The van der Waals surface area contributed by atoms with Gasteiger partial charge in [-0.25, -0.2) is 0 Å². The lowest BCUT2D eigenvalue weighted by molar-refractivity contribution is 1.04. The van der Waals surface area contributed by atoms with Crippen LogP contribution in [0, 0.1) is 0 Å². The number of aryl methyl sites for hydroxylation is 1. The Kier molecular flexibility index (Phi) is 3.20. The number of nitrogens with zero attached hydrogens (tertiary/aromatic N) is 3. The van der Waals surface area contributed by atoms with Crippen LogP contribution < -0.4 is 14.7 Å². The maximum atomic E-state index is 4.36. The first-order valence-electron chi connectivity index (χ1n) is 8.40. The zero-order chi connectivity index (χ0) is 17.0. The second kappa shape index (κ2) is 5.17. The monoisotopic (exact) mass is 317 g/mol. The van der Waals surface area contributed by atoms with Gasteiger partial charge in [-0.1, -0.05) is 32.2 Å². The smallest absolute Gasteiger partial charge is 0.105 e. The summed E-state index contributed by atoms with van der Waals surface area (Å²) in [6.45, 7) is 11.6. The average molecular weight is 317 g/mol. The molecule has 3 heteroatoms. The third-order valence-electron chi connectivity index (χ3n) is 5.32. The van der Waals surface area contributed by atoms with Crippen LogP contribution in [0.3, 0.4) is 0 Å². The largest absolute Gasteiger partial charge is 0.337 e. The molecule has 2 aliphatic heterocycles. The van der Waals surface area contributed by atoms with Crippen LogP contribution in [0.15, 0.2) is 55.4 Å². The summed E-state index contributed by atoms with van der Waals surface area (Å²) in [4.78, 5) is 6.57. The molecule has 0 amide bonds. The summed E-state index contributed by atoms with van der Waals surface area (Å²) in [5.41, 5.74) is 8.66. The Morgan fingerprint density at radius 3 is 2.46 bits per heavy atom. The number of anilines is 3. The maximum absolute atomic E-state index is 4.36. The molecular formula is C21H23N3. The Morgan fingerprint density at radius 1 is 0.958 bits per heavy atom. The van der Waals surface area contributed by atoms with Gasteiger partial charge in [0, 0.05) is 37.6 Å². The molecule has 0 bridgehead atoms. The molecule has 0 radical (unpaired) electrons. The number of fused-ring (bicyclic) bond motifs is 2. The normalized spacial score (nSPS) is 16.0. The fourth-order valence-corrected chi connectivity index (χ4v) is 3.64. The molecule has 2 aromatic rings. The molecule has 0 aliphatic carbocycles. The van der Waals surface area contributed by atoms with Crippen molar-refractivity contribution in [3.63, 3.8) is 0 Å². The maximum Gasteiger partial charge on any atom is 0.105 e. The van der Waals surface area contributed by atoms with E-state index >= 15 is 0 Å². The van der Waals surface area contributed by atoms with Crippen molar-refractivity contribution in [2.45, 2.75) is 19.9 Å². The second-order valence-corrected chi connectivity index (χ2v) is 6.59. The van der Waals surface area contributed by atoms with Crippen molar-refractivity contribution in [1.29, 1.82) is 0 Å². The first kappa shape index (κ1) is 14.9. The lowest BCUT2D eigenvalue weighted by Gasteiger charge is -2.21. The quantitative estimate of drug-likeness (QED) is 0.801. The van der Waals surface area contributed by atoms with Gasteiger partial charge in [0.1, 0.15) is 5.82 Å². The van der Waals surface area contributed by atoms with Crippen molar-refractivity contribution in [2.75, 3.05) is 28.8 Å². The van der Waals surface area contributed by atoms with Crippen molar-refractivity contribution in [2.24, 2.45) is 0 Å². The summed E-state index contributed by atoms with van der Waals surface area (Å²) < 4.78 is 0. The Bertz CT molecular complexity index is 865. The molecule has 2 aromatic carbocycles. The standard InChI is InChI=1S/C21H23N3/c1-6-16-7-8-17-13-24(14(2)19(17)11-16)18-9-10-20-21(12-18)23(5)15(3)22(20)4/h7-12H,2-3,6,13H2,1,4-5H3. The van der Waals surface area contributed by atoms with E-state index in [-0.39, 0.29) is 0 Å². The van der Waals surface area contributed by atoms with Crippen LogP contribution in [-0.4, -0.2) is 14.1 Å². The van der Waals surface area contributed by atoms with Gasteiger partial charge in [0.15, 0.2) is 0 Å². The molecule has 0 atom stereocenters. The first-order chi connectivity index (χ1) is 11.5. The summed E-state index contributed by atoms with van der Waals surface area (Å²) in [6.07, 6.45) is 1.05. The number of benzene rings is 2. The van der Waals surface area contributed by atoms with Crippen LogP contribution in [0.2, 0.25) is 0 Å².